The molecule has 0 saturated carbocycles. The van der Waals surface area contributed by atoms with Crippen LogP contribution >= 0.6 is 0 Å². The van der Waals surface area contributed by atoms with Gasteiger partial charge >= 0.3 is 0 Å². The minimum atomic E-state index is 0.135. The Morgan fingerprint density at radius 3 is 2.61 bits per heavy atom. The molecule has 0 aliphatic heterocycles. The Kier molecular flexibility index (Phi) is 5.11. The summed E-state index contributed by atoms with van der Waals surface area (Å²) in [5.41, 5.74) is 2.90. The number of carbonyl (C=O) groups is 1. The molecule has 0 amide bonds. The molecule has 4 nitrogen and oxygen atoms in total. The summed E-state index contributed by atoms with van der Waals surface area (Å²) in [5.74, 6) is 0.135. The zero-order valence-corrected chi connectivity index (χ0v) is 11.7. The number of aryl methyl sites for hydroxylation is 1. The molecule has 0 spiro atoms. The fraction of sp³-hybridized carbons (Fsp3) is 0.571. The van der Waals surface area contributed by atoms with Crippen molar-refractivity contribution in [3.8, 4) is 6.07 Å². The minimum Gasteiger partial charge on any atom is -0.351 e. The summed E-state index contributed by atoms with van der Waals surface area (Å²) >= 11 is 0. The van der Waals surface area contributed by atoms with E-state index in [9.17, 15) is 4.79 Å². The smallest absolute Gasteiger partial charge is 0.178 e. The first-order valence-corrected chi connectivity index (χ1v) is 6.26. The average Bonchev–Trinajstić information content (AvgIpc) is 2.62. The molecule has 1 aromatic rings. The maximum Gasteiger partial charge on any atom is 0.178 e. The lowest BCUT2D eigenvalue weighted by Crippen LogP contribution is -2.30. The van der Waals surface area contributed by atoms with Gasteiger partial charge in [-0.15, -0.1) is 0 Å². The number of rotatable bonds is 6. The van der Waals surface area contributed by atoms with Crippen LogP contribution in [0.4, 0.5) is 0 Å². The lowest BCUT2D eigenvalue weighted by molar-refractivity contribution is 0.0934. The van der Waals surface area contributed by atoms with Crippen LogP contribution in [0.15, 0.2) is 6.07 Å². The third-order valence-electron chi connectivity index (χ3n) is 3.43. The summed E-state index contributed by atoms with van der Waals surface area (Å²) in [7, 11) is 1.97. The number of nitrogens with zero attached hydrogens (tertiary/aromatic N) is 3. The fourth-order valence-corrected chi connectivity index (χ4v) is 1.98. The maximum atomic E-state index is 12.2. The van der Waals surface area contributed by atoms with Crippen LogP contribution in [0, 0.1) is 25.2 Å². The van der Waals surface area contributed by atoms with E-state index >= 15 is 0 Å². The molecular weight excluding hydrogens is 226 g/mol. The maximum absolute atomic E-state index is 12.2. The van der Waals surface area contributed by atoms with Gasteiger partial charge in [0.15, 0.2) is 5.78 Å². The highest BCUT2D eigenvalue weighted by molar-refractivity contribution is 5.99. The van der Waals surface area contributed by atoms with Gasteiger partial charge in [0.25, 0.3) is 0 Å². The largest absolute Gasteiger partial charge is 0.351 e. The number of aromatic nitrogens is 1. The molecule has 0 saturated heterocycles. The second kappa shape index (κ2) is 6.36. The van der Waals surface area contributed by atoms with E-state index in [0.29, 0.717) is 19.5 Å². The Morgan fingerprint density at radius 2 is 2.17 bits per heavy atom. The minimum absolute atomic E-state index is 0.135. The third kappa shape index (κ3) is 3.21. The van der Waals surface area contributed by atoms with E-state index < -0.39 is 0 Å². The number of carbonyl (C=O) groups excluding carboxylic acids is 1. The molecule has 0 fully saturated rings. The number of likely N-dealkylation sites (N-methyl/N-ethyl adjacent to an activating group) is 1. The summed E-state index contributed by atoms with van der Waals surface area (Å²) in [6, 6.07) is 4.05. The van der Waals surface area contributed by atoms with E-state index in [1.165, 1.54) is 0 Å². The summed E-state index contributed by atoms with van der Waals surface area (Å²) in [4.78, 5) is 14.2. The number of ketones is 1. The Bertz CT molecular complexity index is 468. The molecule has 1 heterocycles. The zero-order chi connectivity index (χ0) is 13.7. The first kappa shape index (κ1) is 14.5. The highest BCUT2D eigenvalue weighted by Crippen LogP contribution is 2.14. The number of nitriles is 1. The van der Waals surface area contributed by atoms with Crippen LogP contribution in [-0.4, -0.2) is 34.9 Å². The topological polar surface area (TPSA) is 49.0 Å². The van der Waals surface area contributed by atoms with Crippen LogP contribution in [0.25, 0.3) is 0 Å². The van der Waals surface area contributed by atoms with Crippen LogP contribution in [0.2, 0.25) is 0 Å². The SMILES string of the molecule is CCN(CCC#N)CC(=O)c1cc(C)n(C)c1C. The van der Waals surface area contributed by atoms with Gasteiger partial charge in [0, 0.05) is 37.0 Å². The van der Waals surface area contributed by atoms with Crippen LogP contribution in [0.1, 0.15) is 35.1 Å². The van der Waals surface area contributed by atoms with Gasteiger partial charge in [-0.2, -0.15) is 5.26 Å². The average molecular weight is 247 g/mol. The van der Waals surface area contributed by atoms with Crippen molar-refractivity contribution in [1.29, 1.82) is 5.26 Å². The molecule has 0 aliphatic rings. The molecule has 1 aromatic heterocycles. The second-order valence-corrected chi connectivity index (χ2v) is 4.54. The molecule has 98 valence electrons. The predicted octanol–water partition coefficient (Wildman–Crippen LogP) is 2.06. The van der Waals surface area contributed by atoms with Crippen molar-refractivity contribution in [2.75, 3.05) is 19.6 Å². The molecule has 0 atom stereocenters. The van der Waals surface area contributed by atoms with Gasteiger partial charge in [-0.05, 0) is 26.5 Å². The van der Waals surface area contributed by atoms with Crippen molar-refractivity contribution in [2.45, 2.75) is 27.2 Å². The van der Waals surface area contributed by atoms with Crippen LogP contribution < -0.4 is 0 Å². The van der Waals surface area contributed by atoms with Crippen molar-refractivity contribution in [3.05, 3.63) is 23.0 Å². The van der Waals surface area contributed by atoms with Gasteiger partial charge in [0.1, 0.15) is 0 Å². The number of hydrogen-bond donors (Lipinski definition) is 0. The molecular formula is C14H21N3O. The van der Waals surface area contributed by atoms with Crippen LogP contribution in [0.5, 0.6) is 0 Å². The quantitative estimate of drug-likeness (QED) is 0.723. The van der Waals surface area contributed by atoms with Crippen LogP contribution in [0.3, 0.4) is 0 Å². The molecule has 18 heavy (non-hydrogen) atoms. The van der Waals surface area contributed by atoms with Crippen molar-refractivity contribution < 1.29 is 4.79 Å². The molecule has 0 aromatic carbocycles. The third-order valence-corrected chi connectivity index (χ3v) is 3.43. The summed E-state index contributed by atoms with van der Waals surface area (Å²) in [6.45, 7) is 7.81. The van der Waals surface area contributed by atoms with Crippen molar-refractivity contribution in [3.63, 3.8) is 0 Å². The van der Waals surface area contributed by atoms with Gasteiger partial charge in [0.05, 0.1) is 12.6 Å². The summed E-state index contributed by atoms with van der Waals surface area (Å²) in [5, 5.41) is 8.58. The summed E-state index contributed by atoms with van der Waals surface area (Å²) in [6.07, 6.45) is 0.466. The highest BCUT2D eigenvalue weighted by atomic mass is 16.1. The highest BCUT2D eigenvalue weighted by Gasteiger charge is 2.16. The van der Waals surface area contributed by atoms with Crippen LogP contribution in [-0.2, 0) is 7.05 Å². The van der Waals surface area contributed by atoms with E-state index in [1.54, 1.807) is 0 Å². The molecule has 0 N–H and O–H groups in total. The summed E-state index contributed by atoms with van der Waals surface area (Å²) < 4.78 is 2.03. The Morgan fingerprint density at radius 1 is 1.50 bits per heavy atom. The first-order chi connectivity index (χ1) is 8.51. The van der Waals surface area contributed by atoms with E-state index in [1.807, 2.05) is 43.4 Å². The Labute approximate surface area is 109 Å². The first-order valence-electron chi connectivity index (χ1n) is 6.26. The van der Waals surface area contributed by atoms with Gasteiger partial charge in [-0.3, -0.25) is 9.69 Å². The lowest BCUT2D eigenvalue weighted by atomic mass is 10.1. The Balaban J connectivity index is 2.75. The Hall–Kier alpha value is -1.60. The number of hydrogen-bond acceptors (Lipinski definition) is 3. The van der Waals surface area contributed by atoms with Crippen molar-refractivity contribution in [2.24, 2.45) is 7.05 Å². The zero-order valence-electron chi connectivity index (χ0n) is 11.7. The van der Waals surface area contributed by atoms with Crippen molar-refractivity contribution in [1.82, 2.24) is 9.47 Å². The predicted molar refractivity (Wildman–Crippen MR) is 71.6 cm³/mol. The van der Waals surface area contributed by atoms with E-state index in [2.05, 4.69) is 6.07 Å². The van der Waals surface area contributed by atoms with E-state index in [0.717, 1.165) is 23.5 Å². The number of Topliss-reactive ketones (excluding diaryl/α,β-unsaturated/α-hetero) is 1. The van der Waals surface area contributed by atoms with E-state index in [4.69, 9.17) is 5.26 Å². The molecule has 0 radical (unpaired) electrons. The fourth-order valence-electron chi connectivity index (χ4n) is 1.98. The molecule has 1 rings (SSSR count). The van der Waals surface area contributed by atoms with Crippen molar-refractivity contribution >= 4 is 5.78 Å². The van der Waals surface area contributed by atoms with Gasteiger partial charge in [-0.1, -0.05) is 6.92 Å². The van der Waals surface area contributed by atoms with Gasteiger partial charge < -0.3 is 4.57 Å². The lowest BCUT2D eigenvalue weighted by Gasteiger charge is -2.17. The van der Waals surface area contributed by atoms with Gasteiger partial charge in [0.2, 0.25) is 0 Å². The second-order valence-electron chi connectivity index (χ2n) is 4.54. The molecule has 0 bridgehead atoms. The standard InChI is InChI=1S/C14H21N3O/c1-5-17(8-6-7-15)10-14(18)13-9-11(2)16(4)12(13)3/h9H,5-6,8,10H2,1-4H3. The monoisotopic (exact) mass is 247 g/mol. The van der Waals surface area contributed by atoms with Gasteiger partial charge in [-0.25, -0.2) is 0 Å². The van der Waals surface area contributed by atoms with E-state index in [-0.39, 0.29) is 5.78 Å². The molecule has 4 heteroatoms. The normalized spacial score (nSPS) is 10.7. The molecule has 0 unspecified atom stereocenters. The molecule has 0 aliphatic carbocycles.